The summed E-state index contributed by atoms with van der Waals surface area (Å²) in [5, 5.41) is 0. The van der Waals surface area contributed by atoms with Crippen LogP contribution in [0, 0.1) is 12.3 Å². The van der Waals surface area contributed by atoms with Crippen molar-refractivity contribution in [2.75, 3.05) is 6.54 Å². The second-order valence-electron chi connectivity index (χ2n) is 5.48. The number of ether oxygens (including phenoxy) is 1. The molecule has 0 spiro atoms. The van der Waals surface area contributed by atoms with Crippen molar-refractivity contribution in [1.29, 1.82) is 0 Å². The van der Waals surface area contributed by atoms with Gasteiger partial charge in [0.15, 0.2) is 0 Å². The van der Waals surface area contributed by atoms with Crippen molar-refractivity contribution in [2.24, 2.45) is 0 Å². The van der Waals surface area contributed by atoms with Gasteiger partial charge >= 0.3 is 6.09 Å². The fourth-order valence-corrected chi connectivity index (χ4v) is 1.96. The number of Topliss-reactive ketones (excluding diaryl/α,β-unsaturated/α-hetero) is 1. The molecule has 0 N–H and O–H groups in total. The molecule has 1 aliphatic rings. The number of carbonyl (C=O) groups is 2. The zero-order valence-corrected chi connectivity index (χ0v) is 10.9. The smallest absolute Gasteiger partial charge is 0.411 e. The highest BCUT2D eigenvalue weighted by Crippen LogP contribution is 2.31. The van der Waals surface area contributed by atoms with Crippen molar-refractivity contribution in [3.05, 3.63) is 0 Å². The lowest BCUT2D eigenvalue weighted by molar-refractivity contribution is -0.122. The molecule has 0 aromatic heterocycles. The van der Waals surface area contributed by atoms with E-state index < -0.39 is 17.2 Å². The molecule has 1 heterocycles. The molecule has 0 bridgehead atoms. The third kappa shape index (κ3) is 2.79. The average molecular weight is 237 g/mol. The second kappa shape index (κ2) is 4.40. The van der Waals surface area contributed by atoms with Gasteiger partial charge in [0, 0.05) is 6.54 Å². The molecule has 0 aliphatic carbocycles. The lowest BCUT2D eigenvalue weighted by Crippen LogP contribution is -2.51. The Morgan fingerprint density at radius 3 is 2.47 bits per heavy atom. The zero-order valence-electron chi connectivity index (χ0n) is 10.9. The van der Waals surface area contributed by atoms with E-state index in [0.29, 0.717) is 13.0 Å². The Balaban J connectivity index is 2.87. The number of rotatable bonds is 1. The topological polar surface area (TPSA) is 46.6 Å². The van der Waals surface area contributed by atoms with Gasteiger partial charge in [0.25, 0.3) is 0 Å². The first-order valence-corrected chi connectivity index (χ1v) is 5.72. The van der Waals surface area contributed by atoms with Crippen LogP contribution in [0.25, 0.3) is 0 Å². The summed E-state index contributed by atoms with van der Waals surface area (Å²) in [6.07, 6.45) is 6.04. The lowest BCUT2D eigenvalue weighted by Gasteiger charge is -2.33. The van der Waals surface area contributed by atoms with Crippen LogP contribution in [0.1, 0.15) is 40.5 Å². The quantitative estimate of drug-likeness (QED) is 0.517. The Kier molecular flexibility index (Phi) is 3.51. The monoisotopic (exact) mass is 237 g/mol. The molecule has 1 fully saturated rings. The highest BCUT2D eigenvalue weighted by Gasteiger charge is 2.46. The number of nitrogens with zero attached hydrogens (tertiary/aromatic N) is 1. The molecule has 1 aliphatic heterocycles. The summed E-state index contributed by atoms with van der Waals surface area (Å²) in [6.45, 7) is 7.59. The van der Waals surface area contributed by atoms with E-state index in [9.17, 15) is 9.59 Å². The fourth-order valence-electron chi connectivity index (χ4n) is 1.96. The van der Waals surface area contributed by atoms with E-state index in [0.717, 1.165) is 6.42 Å². The summed E-state index contributed by atoms with van der Waals surface area (Å²) in [5.41, 5.74) is -1.48. The largest absolute Gasteiger partial charge is 0.444 e. The number of carbonyl (C=O) groups excluding carboxylic acids is 2. The van der Waals surface area contributed by atoms with E-state index in [2.05, 4.69) is 5.92 Å². The average Bonchev–Trinajstić information content (AvgIpc) is 2.58. The number of likely N-dealkylation sites (tertiary alicyclic amines) is 1. The second-order valence-corrected chi connectivity index (χ2v) is 5.48. The van der Waals surface area contributed by atoms with Gasteiger partial charge in [-0.05, 0) is 46.5 Å². The maximum Gasteiger partial charge on any atom is 0.411 e. The molecule has 0 unspecified atom stereocenters. The van der Waals surface area contributed by atoms with Crippen LogP contribution >= 0.6 is 0 Å². The number of amides is 1. The van der Waals surface area contributed by atoms with E-state index in [1.54, 1.807) is 27.7 Å². The van der Waals surface area contributed by atoms with Gasteiger partial charge < -0.3 is 4.74 Å². The summed E-state index contributed by atoms with van der Waals surface area (Å²) in [4.78, 5) is 25.2. The Labute approximate surface area is 102 Å². The van der Waals surface area contributed by atoms with Gasteiger partial charge in [-0.1, -0.05) is 0 Å². The van der Waals surface area contributed by atoms with E-state index in [4.69, 9.17) is 11.2 Å². The first-order chi connectivity index (χ1) is 7.70. The molecular formula is C13H19NO3. The molecule has 0 aromatic carbocycles. The highest BCUT2D eigenvalue weighted by molar-refractivity contribution is 6.04. The number of hydrogen-bond donors (Lipinski definition) is 0. The number of ketones is 1. The van der Waals surface area contributed by atoms with Crippen LogP contribution in [-0.4, -0.2) is 34.5 Å². The molecule has 4 heteroatoms. The van der Waals surface area contributed by atoms with Gasteiger partial charge in [0.05, 0.1) is 0 Å². The van der Waals surface area contributed by atoms with Crippen molar-refractivity contribution in [2.45, 2.75) is 51.7 Å². The molecule has 0 aromatic rings. The van der Waals surface area contributed by atoms with Gasteiger partial charge in [-0.25, -0.2) is 4.79 Å². The van der Waals surface area contributed by atoms with Crippen LogP contribution in [-0.2, 0) is 9.53 Å². The van der Waals surface area contributed by atoms with Gasteiger partial charge in [0.1, 0.15) is 11.1 Å². The summed E-state index contributed by atoms with van der Waals surface area (Å²) in [7, 11) is 0. The molecule has 1 atom stereocenters. The van der Waals surface area contributed by atoms with Crippen molar-refractivity contribution in [1.82, 2.24) is 4.90 Å². The fraction of sp³-hybridized carbons (Fsp3) is 0.692. The van der Waals surface area contributed by atoms with E-state index >= 15 is 0 Å². The van der Waals surface area contributed by atoms with Crippen LogP contribution in [0.5, 0.6) is 0 Å². The van der Waals surface area contributed by atoms with Crippen molar-refractivity contribution in [3.8, 4) is 12.3 Å². The Morgan fingerprint density at radius 1 is 1.41 bits per heavy atom. The normalized spacial score (nSPS) is 24.3. The first-order valence-electron chi connectivity index (χ1n) is 5.72. The summed E-state index contributed by atoms with van der Waals surface area (Å²) in [6, 6.07) is 0. The van der Waals surface area contributed by atoms with Crippen LogP contribution < -0.4 is 0 Å². The Bertz CT molecular complexity index is 375. The lowest BCUT2D eigenvalue weighted by atomic mass is 9.94. The molecule has 4 nitrogen and oxygen atoms in total. The zero-order chi connectivity index (χ0) is 13.3. The summed E-state index contributed by atoms with van der Waals surface area (Å²) in [5.74, 6) is 1.75. The molecular weight excluding hydrogens is 218 g/mol. The maximum absolute atomic E-state index is 12.0. The Hall–Kier alpha value is -1.50. The molecule has 17 heavy (non-hydrogen) atoms. The minimum absolute atomic E-state index is 0.360. The predicted molar refractivity (Wildman–Crippen MR) is 64.4 cm³/mol. The van der Waals surface area contributed by atoms with Gasteiger partial charge in [-0.3, -0.25) is 9.69 Å². The first kappa shape index (κ1) is 13.6. The minimum Gasteiger partial charge on any atom is -0.444 e. The van der Waals surface area contributed by atoms with Crippen molar-refractivity contribution >= 4 is 11.9 Å². The summed E-state index contributed by atoms with van der Waals surface area (Å²) < 4.78 is 5.28. The van der Waals surface area contributed by atoms with Crippen LogP contribution in [0.3, 0.4) is 0 Å². The van der Waals surface area contributed by atoms with E-state index in [1.807, 2.05) is 0 Å². The highest BCUT2D eigenvalue weighted by atomic mass is 16.6. The SMILES string of the molecule is C#CC(=O)[C@@]1(C)CCCN1C(=O)OC(C)(C)C. The Morgan fingerprint density at radius 2 is 2.00 bits per heavy atom. The minimum atomic E-state index is -0.906. The third-order valence-corrected chi connectivity index (χ3v) is 2.88. The summed E-state index contributed by atoms with van der Waals surface area (Å²) >= 11 is 0. The standard InChI is InChI=1S/C13H19NO3/c1-6-10(15)13(5)8-7-9-14(13)11(16)17-12(2,3)4/h1H,7-9H2,2-5H3/t13-/m1/s1. The van der Waals surface area contributed by atoms with Crippen LogP contribution in [0.15, 0.2) is 0 Å². The van der Waals surface area contributed by atoms with Gasteiger partial charge in [-0.15, -0.1) is 6.42 Å². The van der Waals surface area contributed by atoms with E-state index in [-0.39, 0.29) is 5.78 Å². The molecule has 94 valence electrons. The predicted octanol–water partition coefficient (Wildman–Crippen LogP) is 1.98. The molecule has 0 radical (unpaired) electrons. The van der Waals surface area contributed by atoms with Crippen molar-refractivity contribution in [3.63, 3.8) is 0 Å². The molecule has 1 saturated heterocycles. The number of terminal acetylenes is 1. The van der Waals surface area contributed by atoms with Crippen molar-refractivity contribution < 1.29 is 14.3 Å². The molecule has 1 rings (SSSR count). The molecule has 1 amide bonds. The van der Waals surface area contributed by atoms with Gasteiger partial charge in [-0.2, -0.15) is 0 Å². The third-order valence-electron chi connectivity index (χ3n) is 2.88. The van der Waals surface area contributed by atoms with E-state index in [1.165, 1.54) is 4.90 Å². The van der Waals surface area contributed by atoms with Gasteiger partial charge in [0.2, 0.25) is 5.78 Å². The maximum atomic E-state index is 12.0. The molecule has 0 saturated carbocycles. The van der Waals surface area contributed by atoms with Crippen LogP contribution in [0.4, 0.5) is 4.79 Å². The van der Waals surface area contributed by atoms with Crippen LogP contribution in [0.2, 0.25) is 0 Å². The number of hydrogen-bond acceptors (Lipinski definition) is 3.